The number of carbonyl (C=O) groups excluding carboxylic acids is 2. The SMILES string of the molecule is Cc1ccc(NC(=O)c2ccc(CNC(=O)OC(C)(C)C)cc2)cc1Oc1cccnc1. The van der Waals surface area contributed by atoms with Crippen LogP contribution in [-0.2, 0) is 11.3 Å². The molecule has 32 heavy (non-hydrogen) atoms. The van der Waals surface area contributed by atoms with Crippen LogP contribution in [-0.4, -0.2) is 22.6 Å². The predicted molar refractivity (Wildman–Crippen MR) is 123 cm³/mol. The zero-order valence-corrected chi connectivity index (χ0v) is 18.6. The average molecular weight is 434 g/mol. The number of anilines is 1. The molecule has 0 aliphatic heterocycles. The van der Waals surface area contributed by atoms with Gasteiger partial charge in [-0.05, 0) is 69.2 Å². The lowest BCUT2D eigenvalue weighted by molar-refractivity contribution is 0.0523. The number of ether oxygens (including phenoxy) is 2. The molecule has 2 aromatic carbocycles. The summed E-state index contributed by atoms with van der Waals surface area (Å²) in [5.74, 6) is 1.02. The van der Waals surface area contributed by atoms with Gasteiger partial charge in [-0.15, -0.1) is 0 Å². The van der Waals surface area contributed by atoms with Crippen molar-refractivity contribution in [1.29, 1.82) is 0 Å². The van der Waals surface area contributed by atoms with E-state index in [-0.39, 0.29) is 5.91 Å². The van der Waals surface area contributed by atoms with Crippen molar-refractivity contribution in [3.63, 3.8) is 0 Å². The van der Waals surface area contributed by atoms with Crippen molar-refractivity contribution in [3.05, 3.63) is 83.7 Å². The van der Waals surface area contributed by atoms with Crippen LogP contribution in [0.5, 0.6) is 11.5 Å². The largest absolute Gasteiger partial charge is 0.455 e. The van der Waals surface area contributed by atoms with Gasteiger partial charge in [0, 0.05) is 30.1 Å². The van der Waals surface area contributed by atoms with E-state index in [0.29, 0.717) is 29.3 Å². The van der Waals surface area contributed by atoms with E-state index in [2.05, 4.69) is 15.6 Å². The molecule has 2 amide bonds. The Labute approximate surface area is 187 Å². The van der Waals surface area contributed by atoms with Crippen molar-refractivity contribution in [2.45, 2.75) is 39.8 Å². The second-order valence-corrected chi connectivity index (χ2v) is 8.28. The van der Waals surface area contributed by atoms with Crippen LogP contribution in [0.4, 0.5) is 10.5 Å². The molecule has 7 heteroatoms. The summed E-state index contributed by atoms with van der Waals surface area (Å²) in [6.07, 6.45) is 2.82. The Morgan fingerprint density at radius 1 is 1.03 bits per heavy atom. The molecule has 0 unspecified atom stereocenters. The summed E-state index contributed by atoms with van der Waals surface area (Å²) in [6.45, 7) is 7.66. The Balaban J connectivity index is 1.60. The van der Waals surface area contributed by atoms with Gasteiger partial charge < -0.3 is 20.1 Å². The van der Waals surface area contributed by atoms with E-state index in [0.717, 1.165) is 11.1 Å². The maximum Gasteiger partial charge on any atom is 0.407 e. The standard InChI is InChI=1S/C25H27N3O4/c1-17-7-12-20(14-22(17)31-21-6-5-13-26-16-21)28-23(29)19-10-8-18(9-11-19)15-27-24(30)32-25(2,3)4/h5-14,16H,15H2,1-4H3,(H,27,30)(H,28,29). The number of pyridine rings is 1. The maximum atomic E-state index is 12.7. The number of hydrogen-bond donors (Lipinski definition) is 2. The molecule has 1 heterocycles. The summed E-state index contributed by atoms with van der Waals surface area (Å²) in [6, 6.07) is 16.1. The number of hydrogen-bond acceptors (Lipinski definition) is 5. The number of nitrogens with one attached hydrogen (secondary N) is 2. The van der Waals surface area contributed by atoms with E-state index >= 15 is 0 Å². The lowest BCUT2D eigenvalue weighted by Gasteiger charge is -2.19. The van der Waals surface area contributed by atoms with Gasteiger partial charge in [-0.3, -0.25) is 9.78 Å². The minimum absolute atomic E-state index is 0.243. The van der Waals surface area contributed by atoms with Crippen molar-refractivity contribution >= 4 is 17.7 Å². The first-order valence-electron chi connectivity index (χ1n) is 10.3. The first-order valence-corrected chi connectivity index (χ1v) is 10.3. The van der Waals surface area contributed by atoms with Crippen molar-refractivity contribution in [1.82, 2.24) is 10.3 Å². The molecule has 0 bridgehead atoms. The molecule has 0 saturated heterocycles. The fourth-order valence-corrected chi connectivity index (χ4v) is 2.79. The molecule has 0 aliphatic rings. The molecule has 0 atom stereocenters. The van der Waals surface area contributed by atoms with Crippen LogP contribution in [0.2, 0.25) is 0 Å². The molecular formula is C25H27N3O4. The first-order chi connectivity index (χ1) is 15.2. The van der Waals surface area contributed by atoms with Gasteiger partial charge in [0.25, 0.3) is 5.91 Å². The number of nitrogens with zero attached hydrogens (tertiary/aromatic N) is 1. The molecular weight excluding hydrogens is 406 g/mol. The van der Waals surface area contributed by atoms with E-state index in [4.69, 9.17) is 9.47 Å². The quantitative estimate of drug-likeness (QED) is 0.539. The number of amides is 2. The smallest absolute Gasteiger partial charge is 0.407 e. The number of alkyl carbamates (subject to hydrolysis) is 1. The molecule has 0 saturated carbocycles. The molecule has 0 fully saturated rings. The highest BCUT2D eigenvalue weighted by atomic mass is 16.6. The average Bonchev–Trinajstić information content (AvgIpc) is 2.74. The Kier molecular flexibility index (Phi) is 7.10. The lowest BCUT2D eigenvalue weighted by atomic mass is 10.1. The van der Waals surface area contributed by atoms with Gasteiger partial charge in [-0.25, -0.2) is 4.79 Å². The molecule has 1 aromatic heterocycles. The minimum Gasteiger partial charge on any atom is -0.455 e. The monoisotopic (exact) mass is 433 g/mol. The summed E-state index contributed by atoms with van der Waals surface area (Å²) >= 11 is 0. The second-order valence-electron chi connectivity index (χ2n) is 8.28. The predicted octanol–water partition coefficient (Wildman–Crippen LogP) is 5.46. The molecule has 7 nitrogen and oxygen atoms in total. The number of aromatic nitrogens is 1. The molecule has 3 rings (SSSR count). The summed E-state index contributed by atoms with van der Waals surface area (Å²) < 4.78 is 11.1. The number of carbonyl (C=O) groups is 2. The van der Waals surface area contributed by atoms with Gasteiger partial charge >= 0.3 is 6.09 Å². The third-order valence-electron chi connectivity index (χ3n) is 4.36. The Bertz CT molecular complexity index is 1070. The van der Waals surface area contributed by atoms with Crippen molar-refractivity contribution in [3.8, 4) is 11.5 Å². The third kappa shape index (κ3) is 6.84. The van der Waals surface area contributed by atoms with E-state index in [9.17, 15) is 9.59 Å². The van der Waals surface area contributed by atoms with Crippen molar-refractivity contribution in [2.24, 2.45) is 0 Å². The van der Waals surface area contributed by atoms with Gasteiger partial charge in [-0.2, -0.15) is 0 Å². The van der Waals surface area contributed by atoms with Gasteiger partial charge in [-0.1, -0.05) is 18.2 Å². The van der Waals surface area contributed by atoms with Crippen molar-refractivity contribution in [2.75, 3.05) is 5.32 Å². The van der Waals surface area contributed by atoms with Crippen LogP contribution in [0, 0.1) is 6.92 Å². The summed E-state index contributed by atoms with van der Waals surface area (Å²) in [7, 11) is 0. The second kappa shape index (κ2) is 9.96. The Hall–Kier alpha value is -3.87. The Morgan fingerprint density at radius 3 is 2.44 bits per heavy atom. The van der Waals surface area contributed by atoms with Gasteiger partial charge in [0.1, 0.15) is 17.1 Å². The highest BCUT2D eigenvalue weighted by Gasteiger charge is 2.15. The normalized spacial score (nSPS) is 10.9. The zero-order valence-electron chi connectivity index (χ0n) is 18.6. The molecule has 2 N–H and O–H groups in total. The van der Waals surface area contributed by atoms with Crippen LogP contribution in [0.25, 0.3) is 0 Å². The fourth-order valence-electron chi connectivity index (χ4n) is 2.79. The van der Waals surface area contributed by atoms with E-state index in [1.807, 2.05) is 45.9 Å². The van der Waals surface area contributed by atoms with Crippen LogP contribution in [0.3, 0.4) is 0 Å². The summed E-state index contributed by atoms with van der Waals surface area (Å²) in [5, 5.41) is 5.58. The fraction of sp³-hybridized carbons (Fsp3) is 0.240. The Morgan fingerprint density at radius 2 is 1.78 bits per heavy atom. The highest BCUT2D eigenvalue weighted by Crippen LogP contribution is 2.27. The van der Waals surface area contributed by atoms with Crippen molar-refractivity contribution < 1.29 is 19.1 Å². The first kappa shape index (κ1) is 22.8. The highest BCUT2D eigenvalue weighted by molar-refractivity contribution is 6.04. The molecule has 3 aromatic rings. The molecule has 0 radical (unpaired) electrons. The van der Waals surface area contributed by atoms with E-state index in [1.165, 1.54) is 0 Å². The number of benzene rings is 2. The molecule has 0 spiro atoms. The molecule has 0 aliphatic carbocycles. The van der Waals surface area contributed by atoms with Crippen LogP contribution >= 0.6 is 0 Å². The van der Waals surface area contributed by atoms with E-state index in [1.54, 1.807) is 48.8 Å². The van der Waals surface area contributed by atoms with E-state index < -0.39 is 11.7 Å². The van der Waals surface area contributed by atoms with Crippen LogP contribution in [0.15, 0.2) is 67.0 Å². The van der Waals surface area contributed by atoms with Crippen LogP contribution in [0.1, 0.15) is 42.3 Å². The maximum absolute atomic E-state index is 12.7. The van der Waals surface area contributed by atoms with Gasteiger partial charge in [0.05, 0.1) is 6.20 Å². The third-order valence-corrected chi connectivity index (χ3v) is 4.36. The van der Waals surface area contributed by atoms with Crippen LogP contribution < -0.4 is 15.4 Å². The summed E-state index contributed by atoms with van der Waals surface area (Å²) in [5.41, 5.74) is 2.37. The minimum atomic E-state index is -0.551. The summed E-state index contributed by atoms with van der Waals surface area (Å²) in [4.78, 5) is 28.5. The topological polar surface area (TPSA) is 89.6 Å². The van der Waals surface area contributed by atoms with Gasteiger partial charge in [0.15, 0.2) is 0 Å². The number of aryl methyl sites for hydroxylation is 1. The van der Waals surface area contributed by atoms with Gasteiger partial charge in [0.2, 0.25) is 0 Å². The lowest BCUT2D eigenvalue weighted by Crippen LogP contribution is -2.32. The zero-order chi connectivity index (χ0) is 23.1. The number of rotatable bonds is 6. The molecule has 166 valence electrons.